The first kappa shape index (κ1) is 11.4. The van der Waals surface area contributed by atoms with Crippen molar-refractivity contribution in [3.63, 3.8) is 0 Å². The number of nitrogens with zero attached hydrogens (tertiary/aromatic N) is 1. The molecule has 0 bridgehead atoms. The van der Waals surface area contributed by atoms with E-state index in [1.54, 1.807) is 19.5 Å². The highest BCUT2D eigenvalue weighted by Crippen LogP contribution is 2.22. The summed E-state index contributed by atoms with van der Waals surface area (Å²) >= 11 is 5.96. The van der Waals surface area contributed by atoms with Crippen molar-refractivity contribution in [1.82, 2.24) is 4.98 Å². The van der Waals surface area contributed by atoms with E-state index in [0.29, 0.717) is 5.02 Å². The second-order valence-corrected chi connectivity index (χ2v) is 3.55. The zero-order valence-corrected chi connectivity index (χ0v) is 9.00. The minimum atomic E-state index is -0.0272. The Labute approximate surface area is 89.2 Å². The Morgan fingerprint density at radius 2 is 2.43 bits per heavy atom. The van der Waals surface area contributed by atoms with Crippen LogP contribution in [0.5, 0.6) is 0 Å². The van der Waals surface area contributed by atoms with E-state index in [4.69, 9.17) is 22.1 Å². The minimum Gasteiger partial charge on any atom is -0.385 e. The van der Waals surface area contributed by atoms with Crippen molar-refractivity contribution in [2.45, 2.75) is 18.9 Å². The van der Waals surface area contributed by atoms with Crippen LogP contribution < -0.4 is 5.73 Å². The standard InChI is InChI=1S/C10H15ClN2O/c1-14-6-2-3-10(12)8-4-5-13-7-9(8)11/h4-5,7,10H,2-3,6,12H2,1H3. The molecule has 1 unspecified atom stereocenters. The van der Waals surface area contributed by atoms with E-state index in [2.05, 4.69) is 4.98 Å². The van der Waals surface area contributed by atoms with Crippen LogP contribution in [0, 0.1) is 0 Å². The molecule has 1 aromatic heterocycles. The molecule has 1 atom stereocenters. The van der Waals surface area contributed by atoms with Crippen LogP contribution in [0.1, 0.15) is 24.4 Å². The molecule has 0 amide bonds. The maximum Gasteiger partial charge on any atom is 0.0637 e. The summed E-state index contributed by atoms with van der Waals surface area (Å²) < 4.78 is 4.96. The summed E-state index contributed by atoms with van der Waals surface area (Å²) in [6.07, 6.45) is 5.14. The predicted molar refractivity (Wildman–Crippen MR) is 57.3 cm³/mol. The predicted octanol–water partition coefficient (Wildman–Crippen LogP) is 2.16. The Hall–Kier alpha value is -0.640. The Balaban J connectivity index is 2.51. The highest BCUT2D eigenvalue weighted by Gasteiger charge is 2.08. The molecule has 1 heterocycles. The number of ether oxygens (including phenoxy) is 1. The molecule has 2 N–H and O–H groups in total. The SMILES string of the molecule is COCCCC(N)c1ccncc1Cl. The van der Waals surface area contributed by atoms with Gasteiger partial charge in [-0.15, -0.1) is 0 Å². The Bertz CT molecular complexity index is 281. The molecule has 0 aliphatic heterocycles. The Morgan fingerprint density at radius 3 is 3.07 bits per heavy atom. The highest BCUT2D eigenvalue weighted by molar-refractivity contribution is 6.31. The Kier molecular flexibility index (Phi) is 4.87. The van der Waals surface area contributed by atoms with E-state index in [-0.39, 0.29) is 6.04 Å². The first-order valence-corrected chi connectivity index (χ1v) is 4.97. The first-order valence-electron chi connectivity index (χ1n) is 4.59. The molecule has 0 radical (unpaired) electrons. The van der Waals surface area contributed by atoms with Crippen molar-refractivity contribution >= 4 is 11.6 Å². The molecule has 0 aromatic carbocycles. The van der Waals surface area contributed by atoms with Crippen LogP contribution in [0.15, 0.2) is 18.5 Å². The lowest BCUT2D eigenvalue weighted by atomic mass is 10.0. The first-order chi connectivity index (χ1) is 6.75. The summed E-state index contributed by atoms with van der Waals surface area (Å²) in [7, 11) is 1.69. The maximum atomic E-state index is 5.97. The van der Waals surface area contributed by atoms with Gasteiger partial charge in [-0.2, -0.15) is 0 Å². The molecule has 0 saturated heterocycles. The van der Waals surface area contributed by atoms with E-state index in [1.165, 1.54) is 0 Å². The lowest BCUT2D eigenvalue weighted by molar-refractivity contribution is 0.190. The van der Waals surface area contributed by atoms with Crippen molar-refractivity contribution in [3.8, 4) is 0 Å². The fraction of sp³-hybridized carbons (Fsp3) is 0.500. The molecule has 1 aromatic rings. The van der Waals surface area contributed by atoms with Crippen molar-refractivity contribution in [2.75, 3.05) is 13.7 Å². The van der Waals surface area contributed by atoms with E-state index in [1.807, 2.05) is 6.07 Å². The van der Waals surface area contributed by atoms with Crippen LogP contribution in [-0.4, -0.2) is 18.7 Å². The van der Waals surface area contributed by atoms with Crippen LogP contribution in [-0.2, 0) is 4.74 Å². The molecule has 0 saturated carbocycles. The summed E-state index contributed by atoms with van der Waals surface area (Å²) in [5.41, 5.74) is 6.93. The van der Waals surface area contributed by atoms with Gasteiger partial charge < -0.3 is 10.5 Å². The third-order valence-corrected chi connectivity index (χ3v) is 2.38. The summed E-state index contributed by atoms with van der Waals surface area (Å²) in [6, 6.07) is 1.83. The van der Waals surface area contributed by atoms with E-state index < -0.39 is 0 Å². The molecular formula is C10H15ClN2O. The van der Waals surface area contributed by atoms with Crippen LogP contribution in [0.2, 0.25) is 5.02 Å². The van der Waals surface area contributed by atoms with Crippen molar-refractivity contribution in [1.29, 1.82) is 0 Å². The normalized spacial score (nSPS) is 12.8. The van der Waals surface area contributed by atoms with Gasteiger partial charge in [0.05, 0.1) is 5.02 Å². The molecule has 1 rings (SSSR count). The number of methoxy groups -OCH3 is 1. The molecule has 0 fully saturated rings. The lowest BCUT2D eigenvalue weighted by Gasteiger charge is -2.12. The summed E-state index contributed by atoms with van der Waals surface area (Å²) in [6.45, 7) is 0.733. The average Bonchev–Trinajstić information content (AvgIpc) is 2.18. The van der Waals surface area contributed by atoms with Gasteiger partial charge in [0.15, 0.2) is 0 Å². The zero-order chi connectivity index (χ0) is 10.4. The number of halogens is 1. The highest BCUT2D eigenvalue weighted by atomic mass is 35.5. The van der Waals surface area contributed by atoms with Gasteiger partial charge in [0.2, 0.25) is 0 Å². The van der Waals surface area contributed by atoms with Gasteiger partial charge in [0, 0.05) is 32.2 Å². The fourth-order valence-electron chi connectivity index (χ4n) is 1.29. The molecule has 78 valence electrons. The third-order valence-electron chi connectivity index (χ3n) is 2.07. The number of rotatable bonds is 5. The number of hydrogen-bond donors (Lipinski definition) is 1. The second-order valence-electron chi connectivity index (χ2n) is 3.14. The van der Waals surface area contributed by atoms with E-state index >= 15 is 0 Å². The van der Waals surface area contributed by atoms with Crippen LogP contribution >= 0.6 is 11.6 Å². The summed E-state index contributed by atoms with van der Waals surface area (Å²) in [5, 5.41) is 0.636. The van der Waals surface area contributed by atoms with Crippen LogP contribution in [0.25, 0.3) is 0 Å². The maximum absolute atomic E-state index is 5.97. The summed E-state index contributed by atoms with van der Waals surface area (Å²) in [5.74, 6) is 0. The largest absolute Gasteiger partial charge is 0.385 e. The van der Waals surface area contributed by atoms with Crippen molar-refractivity contribution in [3.05, 3.63) is 29.0 Å². The van der Waals surface area contributed by atoms with Gasteiger partial charge in [0.1, 0.15) is 0 Å². The lowest BCUT2D eigenvalue weighted by Crippen LogP contribution is -2.11. The molecule has 4 heteroatoms. The second kappa shape index (κ2) is 5.96. The van der Waals surface area contributed by atoms with Gasteiger partial charge in [0.25, 0.3) is 0 Å². The molecular weight excluding hydrogens is 200 g/mol. The van der Waals surface area contributed by atoms with Crippen LogP contribution in [0.3, 0.4) is 0 Å². The molecule has 0 spiro atoms. The number of nitrogens with two attached hydrogens (primary N) is 1. The Morgan fingerprint density at radius 1 is 1.64 bits per heavy atom. The van der Waals surface area contributed by atoms with Gasteiger partial charge >= 0.3 is 0 Å². The smallest absolute Gasteiger partial charge is 0.0637 e. The van der Waals surface area contributed by atoms with Crippen molar-refractivity contribution in [2.24, 2.45) is 5.73 Å². The van der Waals surface area contributed by atoms with Gasteiger partial charge in [-0.25, -0.2) is 0 Å². The van der Waals surface area contributed by atoms with Gasteiger partial charge in [-0.1, -0.05) is 11.6 Å². The van der Waals surface area contributed by atoms with Gasteiger partial charge in [-0.05, 0) is 24.5 Å². The fourth-order valence-corrected chi connectivity index (χ4v) is 1.55. The number of pyridine rings is 1. The molecule has 3 nitrogen and oxygen atoms in total. The van der Waals surface area contributed by atoms with E-state index in [0.717, 1.165) is 25.0 Å². The minimum absolute atomic E-state index is 0.0272. The number of hydrogen-bond acceptors (Lipinski definition) is 3. The average molecular weight is 215 g/mol. The monoisotopic (exact) mass is 214 g/mol. The molecule has 14 heavy (non-hydrogen) atoms. The van der Waals surface area contributed by atoms with Crippen molar-refractivity contribution < 1.29 is 4.74 Å². The molecule has 0 aliphatic rings. The van der Waals surface area contributed by atoms with Crippen LogP contribution in [0.4, 0.5) is 0 Å². The zero-order valence-electron chi connectivity index (χ0n) is 8.24. The summed E-state index contributed by atoms with van der Waals surface area (Å²) in [4.78, 5) is 3.91. The number of aromatic nitrogens is 1. The topological polar surface area (TPSA) is 48.1 Å². The van der Waals surface area contributed by atoms with Gasteiger partial charge in [-0.3, -0.25) is 4.98 Å². The van der Waals surface area contributed by atoms with E-state index in [9.17, 15) is 0 Å². The third kappa shape index (κ3) is 3.25. The quantitative estimate of drug-likeness (QED) is 0.765. The molecule has 0 aliphatic carbocycles.